The van der Waals surface area contributed by atoms with Crippen molar-refractivity contribution in [1.29, 1.82) is 0 Å². The van der Waals surface area contributed by atoms with Gasteiger partial charge in [0.05, 0.1) is 4.90 Å². The number of benzene rings is 1. The Bertz CT molecular complexity index is 781. The zero-order valence-electron chi connectivity index (χ0n) is 14.5. The van der Waals surface area contributed by atoms with Gasteiger partial charge in [-0.1, -0.05) is 11.8 Å². The van der Waals surface area contributed by atoms with Crippen LogP contribution in [0.5, 0.6) is 5.75 Å². The molecule has 0 saturated carbocycles. The molecule has 128 valence electrons. The lowest BCUT2D eigenvalue weighted by atomic mass is 9.88. The molecule has 0 amide bonds. The van der Waals surface area contributed by atoms with Gasteiger partial charge in [-0.05, 0) is 76.0 Å². The van der Waals surface area contributed by atoms with Gasteiger partial charge < -0.3 is 10.5 Å². The van der Waals surface area contributed by atoms with Crippen LogP contribution in [0.15, 0.2) is 9.29 Å². The van der Waals surface area contributed by atoms with E-state index < -0.39 is 10.0 Å². The minimum Gasteiger partial charge on any atom is -0.487 e. The highest BCUT2D eigenvalue weighted by Crippen LogP contribution is 2.42. The maximum atomic E-state index is 12.7. The predicted octanol–water partition coefficient (Wildman–Crippen LogP) is 3.08. The van der Waals surface area contributed by atoms with Gasteiger partial charge in [-0.15, -0.1) is 4.40 Å². The second-order valence-electron chi connectivity index (χ2n) is 6.48. The molecule has 0 aliphatic carbocycles. The monoisotopic (exact) mass is 356 g/mol. The van der Waals surface area contributed by atoms with Crippen LogP contribution in [0, 0.1) is 20.8 Å². The number of thioether (sulfide) groups is 1. The van der Waals surface area contributed by atoms with Crippen LogP contribution < -0.4 is 10.5 Å². The first kappa shape index (κ1) is 18.1. The van der Waals surface area contributed by atoms with Gasteiger partial charge >= 0.3 is 0 Å². The molecule has 0 atom stereocenters. The summed E-state index contributed by atoms with van der Waals surface area (Å²) >= 11 is 1.11. The van der Waals surface area contributed by atoms with E-state index in [2.05, 4.69) is 4.40 Å². The molecule has 5 nitrogen and oxygen atoms in total. The fourth-order valence-electron chi connectivity index (χ4n) is 2.94. The third-order valence-electron chi connectivity index (χ3n) is 4.34. The molecule has 0 saturated heterocycles. The van der Waals surface area contributed by atoms with Crippen LogP contribution in [0.3, 0.4) is 0 Å². The summed E-state index contributed by atoms with van der Waals surface area (Å²) in [5.41, 5.74) is 8.59. The van der Waals surface area contributed by atoms with Gasteiger partial charge in [0.2, 0.25) is 0 Å². The van der Waals surface area contributed by atoms with E-state index in [4.69, 9.17) is 10.5 Å². The van der Waals surface area contributed by atoms with Gasteiger partial charge in [0.15, 0.2) is 5.17 Å². The Balaban J connectivity index is 2.73. The van der Waals surface area contributed by atoms with Gasteiger partial charge in [-0.3, -0.25) is 0 Å². The lowest BCUT2D eigenvalue weighted by molar-refractivity contribution is 0.0832. The van der Waals surface area contributed by atoms with Crippen LogP contribution in [-0.2, 0) is 16.4 Å². The summed E-state index contributed by atoms with van der Waals surface area (Å²) in [6.45, 7) is 9.62. The number of ether oxygens (including phenoxy) is 1. The molecule has 1 aromatic rings. The van der Waals surface area contributed by atoms with Crippen molar-refractivity contribution in [3.8, 4) is 5.75 Å². The number of amidine groups is 1. The lowest BCUT2D eigenvalue weighted by Gasteiger charge is -2.35. The highest BCUT2D eigenvalue weighted by molar-refractivity contribution is 8.13. The highest BCUT2D eigenvalue weighted by Gasteiger charge is 2.33. The third kappa shape index (κ3) is 3.35. The molecule has 2 rings (SSSR count). The van der Waals surface area contributed by atoms with E-state index in [-0.39, 0.29) is 15.7 Å². The normalized spacial score (nSPS) is 17.6. The van der Waals surface area contributed by atoms with E-state index >= 15 is 0 Å². The van der Waals surface area contributed by atoms with Gasteiger partial charge in [0, 0.05) is 0 Å². The molecule has 0 aromatic heterocycles. The van der Waals surface area contributed by atoms with Gasteiger partial charge in [0.1, 0.15) is 11.4 Å². The van der Waals surface area contributed by atoms with Crippen molar-refractivity contribution in [1.82, 2.24) is 0 Å². The smallest absolute Gasteiger partial charge is 0.285 e. The van der Waals surface area contributed by atoms with Crippen LogP contribution in [-0.4, -0.2) is 25.4 Å². The molecule has 23 heavy (non-hydrogen) atoms. The number of sulfonamides is 1. The first-order valence-electron chi connectivity index (χ1n) is 7.46. The number of hydrogen-bond donors (Lipinski definition) is 1. The van der Waals surface area contributed by atoms with Crippen LogP contribution >= 0.6 is 11.8 Å². The van der Waals surface area contributed by atoms with E-state index in [9.17, 15) is 8.42 Å². The molecule has 0 fully saturated rings. The molecule has 0 unspecified atom stereocenters. The Labute approximate surface area is 142 Å². The Morgan fingerprint density at radius 2 is 1.83 bits per heavy atom. The molecule has 1 aliphatic heterocycles. The van der Waals surface area contributed by atoms with E-state index in [0.29, 0.717) is 5.56 Å². The Morgan fingerprint density at radius 1 is 1.22 bits per heavy atom. The molecule has 1 aromatic carbocycles. The molecule has 1 aliphatic rings. The lowest BCUT2D eigenvalue weighted by Crippen LogP contribution is -2.33. The fourth-order valence-corrected chi connectivity index (χ4v) is 4.91. The van der Waals surface area contributed by atoms with E-state index in [0.717, 1.165) is 47.0 Å². The van der Waals surface area contributed by atoms with Crippen molar-refractivity contribution in [2.45, 2.75) is 58.0 Å². The minimum atomic E-state index is -3.83. The topological polar surface area (TPSA) is 81.8 Å². The SMILES string of the molecule is CS/C(N)=N\S(=O)(=O)c1c(C)c(C)c2c(c1C)CCC(C)(C)O2. The summed E-state index contributed by atoms with van der Waals surface area (Å²) in [6, 6.07) is 0. The van der Waals surface area contributed by atoms with Crippen molar-refractivity contribution in [2.24, 2.45) is 10.1 Å². The van der Waals surface area contributed by atoms with Crippen molar-refractivity contribution >= 4 is 27.0 Å². The first-order valence-corrected chi connectivity index (χ1v) is 10.1. The summed E-state index contributed by atoms with van der Waals surface area (Å²) in [5, 5.41) is 0.0385. The number of fused-ring (bicyclic) bond motifs is 1. The minimum absolute atomic E-state index is 0.0385. The molecular weight excluding hydrogens is 332 g/mol. The average Bonchev–Trinajstić information content (AvgIpc) is 2.43. The maximum absolute atomic E-state index is 12.7. The Kier molecular flexibility index (Phi) is 4.74. The summed E-state index contributed by atoms with van der Waals surface area (Å²) < 4.78 is 35.2. The molecular formula is C16H24N2O3S2. The van der Waals surface area contributed by atoms with Gasteiger partial charge in [-0.25, -0.2) is 0 Å². The van der Waals surface area contributed by atoms with Crippen molar-refractivity contribution < 1.29 is 13.2 Å². The predicted molar refractivity (Wildman–Crippen MR) is 96.0 cm³/mol. The molecule has 2 N–H and O–H groups in total. The Hall–Kier alpha value is -1.21. The van der Waals surface area contributed by atoms with Crippen LogP contribution in [0.4, 0.5) is 0 Å². The van der Waals surface area contributed by atoms with E-state index in [1.54, 1.807) is 13.2 Å². The zero-order chi connectivity index (χ0) is 17.6. The number of nitrogens with two attached hydrogens (primary N) is 1. The largest absolute Gasteiger partial charge is 0.487 e. The molecule has 0 spiro atoms. The fraction of sp³-hybridized carbons (Fsp3) is 0.562. The zero-order valence-corrected chi connectivity index (χ0v) is 16.1. The van der Waals surface area contributed by atoms with Crippen LogP contribution in [0.2, 0.25) is 0 Å². The van der Waals surface area contributed by atoms with Gasteiger partial charge in [0.25, 0.3) is 10.0 Å². The van der Waals surface area contributed by atoms with E-state index in [1.165, 1.54) is 0 Å². The van der Waals surface area contributed by atoms with Gasteiger partial charge in [-0.2, -0.15) is 8.42 Å². The van der Waals surface area contributed by atoms with Crippen LogP contribution in [0.25, 0.3) is 0 Å². The second kappa shape index (κ2) is 6.02. The number of hydrogen-bond acceptors (Lipinski definition) is 4. The molecule has 0 radical (unpaired) electrons. The standard InChI is InChI=1S/C16H24N2O3S2/c1-9-10(2)14(23(19,20)18-15(17)22-6)11(3)12-7-8-16(4,5)21-13(9)12/h7-8H2,1-6H3,(H2,17,18). The van der Waals surface area contributed by atoms with Crippen LogP contribution in [0.1, 0.15) is 42.5 Å². The van der Waals surface area contributed by atoms with Crippen molar-refractivity contribution in [2.75, 3.05) is 6.26 Å². The third-order valence-corrected chi connectivity index (χ3v) is 6.53. The molecule has 0 bridgehead atoms. The molecule has 7 heteroatoms. The summed E-state index contributed by atoms with van der Waals surface area (Å²) in [7, 11) is -3.83. The molecule has 1 heterocycles. The quantitative estimate of drug-likeness (QED) is 0.650. The number of nitrogens with zero attached hydrogens (tertiary/aromatic N) is 1. The average molecular weight is 357 g/mol. The van der Waals surface area contributed by atoms with E-state index in [1.807, 2.05) is 27.7 Å². The number of rotatable bonds is 2. The first-order chi connectivity index (χ1) is 10.5. The summed E-state index contributed by atoms with van der Waals surface area (Å²) in [5.74, 6) is 0.817. The summed E-state index contributed by atoms with van der Waals surface area (Å²) in [4.78, 5) is 0.258. The second-order valence-corrected chi connectivity index (χ2v) is 8.85. The maximum Gasteiger partial charge on any atom is 0.285 e. The van der Waals surface area contributed by atoms with Crippen molar-refractivity contribution in [3.63, 3.8) is 0 Å². The Morgan fingerprint density at radius 3 is 2.39 bits per heavy atom. The highest BCUT2D eigenvalue weighted by atomic mass is 32.2. The summed E-state index contributed by atoms with van der Waals surface area (Å²) in [6.07, 6.45) is 3.33. The van der Waals surface area contributed by atoms with Crippen molar-refractivity contribution in [3.05, 3.63) is 22.3 Å².